The maximum absolute atomic E-state index is 5.09. The molecule has 5 aromatic heterocycles. The molecule has 5 nitrogen and oxygen atoms in total. The fraction of sp³-hybridized carbons (Fsp3) is 0. The molecule has 9 aromatic rings. The second-order valence-electron chi connectivity index (χ2n) is 11.8. The number of rotatable bonds is 5. The Labute approximate surface area is 277 Å². The molecular formula is C43H27N5. The molecule has 5 heteroatoms. The highest BCUT2D eigenvalue weighted by atomic mass is 14.8. The molecule has 0 fully saturated rings. The van der Waals surface area contributed by atoms with Crippen molar-refractivity contribution < 1.29 is 0 Å². The summed E-state index contributed by atoms with van der Waals surface area (Å²) in [6, 6.07) is 51.9. The summed E-state index contributed by atoms with van der Waals surface area (Å²) < 4.78 is 0. The van der Waals surface area contributed by atoms with Crippen molar-refractivity contribution in [1.82, 2.24) is 24.9 Å². The number of aromatic nitrogens is 5. The van der Waals surface area contributed by atoms with Gasteiger partial charge in [-0.2, -0.15) is 0 Å². The van der Waals surface area contributed by atoms with Crippen LogP contribution in [0, 0.1) is 0 Å². The number of nitrogens with zero attached hydrogens (tertiary/aromatic N) is 5. The van der Waals surface area contributed by atoms with Crippen molar-refractivity contribution in [2.24, 2.45) is 0 Å². The van der Waals surface area contributed by atoms with Crippen molar-refractivity contribution in [3.8, 4) is 56.4 Å². The lowest BCUT2D eigenvalue weighted by Crippen LogP contribution is -1.92. The molecule has 0 atom stereocenters. The zero-order chi connectivity index (χ0) is 31.9. The molecule has 0 N–H and O–H groups in total. The van der Waals surface area contributed by atoms with E-state index >= 15 is 0 Å². The Bertz CT molecular complexity index is 2560. The standard InChI is InChI=1S/C43H27N5/c1-2-9-29-27-43-32(22-28(29)8-1)16-19-42(48-43)41-13-7-12-38(47-41)30-14-17-39-31(23-30)15-18-40(46-39)35-25-33(36-10-3-5-20-44-36)24-34(26-35)37-11-4-6-21-45-37/h1-27H. The smallest absolute Gasteiger partial charge is 0.0894 e. The minimum absolute atomic E-state index is 0.840. The molecule has 0 saturated heterocycles. The lowest BCUT2D eigenvalue weighted by atomic mass is 9.98. The molecule has 0 saturated carbocycles. The van der Waals surface area contributed by atoms with E-state index in [1.807, 2.05) is 67.0 Å². The summed E-state index contributed by atoms with van der Waals surface area (Å²) in [4.78, 5) is 24.3. The minimum Gasteiger partial charge on any atom is -0.256 e. The summed E-state index contributed by atoms with van der Waals surface area (Å²) in [5.74, 6) is 0. The van der Waals surface area contributed by atoms with E-state index in [9.17, 15) is 0 Å². The van der Waals surface area contributed by atoms with E-state index in [1.165, 1.54) is 10.8 Å². The van der Waals surface area contributed by atoms with Gasteiger partial charge in [0.05, 0.1) is 45.2 Å². The molecule has 0 unspecified atom stereocenters. The Morgan fingerprint density at radius 3 is 1.52 bits per heavy atom. The topological polar surface area (TPSA) is 64.5 Å². The van der Waals surface area contributed by atoms with Gasteiger partial charge in [0.15, 0.2) is 0 Å². The van der Waals surface area contributed by atoms with Crippen molar-refractivity contribution in [3.05, 3.63) is 164 Å². The van der Waals surface area contributed by atoms with E-state index in [-0.39, 0.29) is 0 Å². The van der Waals surface area contributed by atoms with Crippen molar-refractivity contribution in [2.75, 3.05) is 0 Å². The minimum atomic E-state index is 0.840. The van der Waals surface area contributed by atoms with Crippen LogP contribution in [0.4, 0.5) is 0 Å². The molecule has 5 heterocycles. The summed E-state index contributed by atoms with van der Waals surface area (Å²) >= 11 is 0. The van der Waals surface area contributed by atoms with Crippen molar-refractivity contribution in [1.29, 1.82) is 0 Å². The number of pyridine rings is 5. The Kier molecular flexibility index (Phi) is 6.72. The van der Waals surface area contributed by atoms with Crippen LogP contribution in [0.15, 0.2) is 164 Å². The van der Waals surface area contributed by atoms with Gasteiger partial charge in [0.1, 0.15) is 0 Å². The number of benzene rings is 4. The number of fused-ring (bicyclic) bond motifs is 3. The average molecular weight is 614 g/mol. The van der Waals surface area contributed by atoms with Crippen LogP contribution in [0.25, 0.3) is 89.0 Å². The summed E-state index contributed by atoms with van der Waals surface area (Å²) in [5.41, 5.74) is 11.2. The zero-order valence-electron chi connectivity index (χ0n) is 25.8. The summed E-state index contributed by atoms with van der Waals surface area (Å²) in [6.45, 7) is 0. The van der Waals surface area contributed by atoms with Gasteiger partial charge in [-0.15, -0.1) is 0 Å². The molecule has 9 rings (SSSR count). The molecular weight excluding hydrogens is 587 g/mol. The summed E-state index contributed by atoms with van der Waals surface area (Å²) in [6.07, 6.45) is 3.64. The van der Waals surface area contributed by atoms with Crippen LogP contribution in [0.1, 0.15) is 0 Å². The van der Waals surface area contributed by atoms with Crippen LogP contribution >= 0.6 is 0 Å². The lowest BCUT2D eigenvalue weighted by Gasteiger charge is -2.11. The van der Waals surface area contributed by atoms with Crippen LogP contribution in [0.2, 0.25) is 0 Å². The van der Waals surface area contributed by atoms with Crippen LogP contribution < -0.4 is 0 Å². The highest BCUT2D eigenvalue weighted by Crippen LogP contribution is 2.33. The first-order chi connectivity index (χ1) is 23.7. The van der Waals surface area contributed by atoms with E-state index in [0.29, 0.717) is 0 Å². The first kappa shape index (κ1) is 27.7. The Morgan fingerprint density at radius 2 is 0.812 bits per heavy atom. The van der Waals surface area contributed by atoms with Gasteiger partial charge in [-0.1, -0.05) is 60.7 Å². The quantitative estimate of drug-likeness (QED) is 0.181. The fourth-order valence-corrected chi connectivity index (χ4v) is 6.28. The molecule has 0 aliphatic rings. The van der Waals surface area contributed by atoms with E-state index in [1.54, 1.807) is 0 Å². The average Bonchev–Trinajstić information content (AvgIpc) is 3.17. The van der Waals surface area contributed by atoms with Gasteiger partial charge >= 0.3 is 0 Å². The second-order valence-corrected chi connectivity index (χ2v) is 11.8. The van der Waals surface area contributed by atoms with Gasteiger partial charge in [0.2, 0.25) is 0 Å². The molecule has 0 bridgehead atoms. The van der Waals surface area contributed by atoms with Crippen molar-refractivity contribution in [2.45, 2.75) is 0 Å². The van der Waals surface area contributed by atoms with E-state index in [2.05, 4.69) is 107 Å². The Morgan fingerprint density at radius 1 is 0.271 bits per heavy atom. The fourth-order valence-electron chi connectivity index (χ4n) is 6.28. The predicted molar refractivity (Wildman–Crippen MR) is 195 cm³/mol. The SMILES string of the molecule is c1ccc(-c2cc(-c3ccccn3)cc(-c3ccc4cc(-c5cccc(-c6ccc7cc8ccccc8cc7n6)n5)ccc4n3)c2)nc1. The number of hydrogen-bond acceptors (Lipinski definition) is 5. The third-order valence-corrected chi connectivity index (χ3v) is 8.70. The second kappa shape index (κ2) is 11.6. The maximum atomic E-state index is 5.09. The van der Waals surface area contributed by atoms with Crippen LogP contribution in [-0.4, -0.2) is 24.9 Å². The Balaban J connectivity index is 1.07. The molecule has 0 radical (unpaired) electrons. The van der Waals surface area contributed by atoms with E-state index in [0.717, 1.165) is 78.2 Å². The van der Waals surface area contributed by atoms with Crippen molar-refractivity contribution >= 4 is 32.6 Å². The predicted octanol–water partition coefficient (Wildman–Crippen LogP) is 10.5. The van der Waals surface area contributed by atoms with Gasteiger partial charge in [0.25, 0.3) is 0 Å². The Hall–Kier alpha value is -6.59. The lowest BCUT2D eigenvalue weighted by molar-refractivity contribution is 1.28. The highest BCUT2D eigenvalue weighted by molar-refractivity contribution is 5.97. The van der Waals surface area contributed by atoms with Crippen LogP contribution in [0.3, 0.4) is 0 Å². The molecule has 4 aromatic carbocycles. The van der Waals surface area contributed by atoms with Gasteiger partial charge < -0.3 is 0 Å². The van der Waals surface area contributed by atoms with Gasteiger partial charge in [0, 0.05) is 45.4 Å². The highest BCUT2D eigenvalue weighted by Gasteiger charge is 2.12. The molecule has 48 heavy (non-hydrogen) atoms. The van der Waals surface area contributed by atoms with E-state index in [4.69, 9.17) is 15.0 Å². The van der Waals surface area contributed by atoms with Crippen molar-refractivity contribution in [3.63, 3.8) is 0 Å². The third kappa shape index (κ3) is 5.23. The van der Waals surface area contributed by atoms with E-state index < -0.39 is 0 Å². The molecule has 0 spiro atoms. The molecule has 0 aliphatic heterocycles. The van der Waals surface area contributed by atoms with Crippen LogP contribution in [-0.2, 0) is 0 Å². The maximum Gasteiger partial charge on any atom is 0.0894 e. The van der Waals surface area contributed by atoms with Crippen LogP contribution in [0.5, 0.6) is 0 Å². The third-order valence-electron chi connectivity index (χ3n) is 8.70. The van der Waals surface area contributed by atoms with Gasteiger partial charge in [-0.05, 0) is 102 Å². The first-order valence-electron chi connectivity index (χ1n) is 15.9. The normalized spacial score (nSPS) is 11.3. The monoisotopic (exact) mass is 613 g/mol. The largest absolute Gasteiger partial charge is 0.256 e. The molecule has 0 amide bonds. The molecule has 224 valence electrons. The van der Waals surface area contributed by atoms with Gasteiger partial charge in [-0.3, -0.25) is 9.97 Å². The number of hydrogen-bond donors (Lipinski definition) is 0. The summed E-state index contributed by atoms with van der Waals surface area (Å²) in [5, 5.41) is 4.56. The van der Waals surface area contributed by atoms with Gasteiger partial charge in [-0.25, -0.2) is 15.0 Å². The summed E-state index contributed by atoms with van der Waals surface area (Å²) in [7, 11) is 0. The molecule has 0 aliphatic carbocycles. The zero-order valence-corrected chi connectivity index (χ0v) is 25.8. The first-order valence-corrected chi connectivity index (χ1v) is 15.9.